The second-order valence-corrected chi connectivity index (χ2v) is 4.71. The number of ether oxygens (including phenoxy) is 2. The molecule has 2 unspecified atom stereocenters. The van der Waals surface area contributed by atoms with E-state index in [-0.39, 0.29) is 12.1 Å². The van der Waals surface area contributed by atoms with Crippen molar-refractivity contribution in [3.05, 3.63) is 41.7 Å². The van der Waals surface area contributed by atoms with Crippen LogP contribution in [0.25, 0.3) is 0 Å². The van der Waals surface area contributed by atoms with Gasteiger partial charge in [-0.2, -0.15) is 0 Å². The molecular weight excluding hydrogens is 228 g/mol. The number of hydrogen-bond acceptors (Lipinski definition) is 4. The van der Waals surface area contributed by atoms with Gasteiger partial charge in [-0.1, -0.05) is 18.2 Å². The van der Waals surface area contributed by atoms with Gasteiger partial charge in [-0.15, -0.1) is 0 Å². The van der Waals surface area contributed by atoms with Crippen LogP contribution in [0.1, 0.15) is 18.4 Å². The fourth-order valence-electron chi connectivity index (χ4n) is 2.56. The summed E-state index contributed by atoms with van der Waals surface area (Å²) in [6, 6.07) is 8.05. The minimum absolute atomic E-state index is 0.0109. The Morgan fingerprint density at radius 3 is 2.94 bits per heavy atom. The van der Waals surface area contributed by atoms with Gasteiger partial charge in [-0.3, -0.25) is 5.84 Å². The molecule has 0 radical (unpaired) electrons. The average Bonchev–Trinajstić information content (AvgIpc) is 2.84. The van der Waals surface area contributed by atoms with E-state index in [1.807, 2.05) is 18.2 Å². The van der Waals surface area contributed by atoms with Crippen LogP contribution in [-0.2, 0) is 11.2 Å². The van der Waals surface area contributed by atoms with E-state index in [2.05, 4.69) is 17.6 Å². The molecule has 0 aliphatic carbocycles. The zero-order valence-corrected chi connectivity index (χ0v) is 10.3. The van der Waals surface area contributed by atoms with Crippen molar-refractivity contribution in [2.24, 2.45) is 5.84 Å². The summed E-state index contributed by atoms with van der Waals surface area (Å²) >= 11 is 0. The summed E-state index contributed by atoms with van der Waals surface area (Å²) in [6.07, 6.45) is 5.11. The van der Waals surface area contributed by atoms with Crippen LogP contribution in [0.3, 0.4) is 0 Å². The monoisotopic (exact) mass is 246 g/mol. The van der Waals surface area contributed by atoms with E-state index >= 15 is 0 Å². The van der Waals surface area contributed by atoms with Crippen LogP contribution in [0.15, 0.2) is 36.1 Å². The van der Waals surface area contributed by atoms with Gasteiger partial charge >= 0.3 is 0 Å². The first-order valence-corrected chi connectivity index (χ1v) is 6.42. The number of allylic oxidation sites excluding steroid dienone is 1. The molecule has 2 aliphatic rings. The fraction of sp³-hybridized carbons (Fsp3) is 0.429. The van der Waals surface area contributed by atoms with E-state index in [4.69, 9.17) is 15.3 Å². The second-order valence-electron chi connectivity index (χ2n) is 4.71. The lowest BCUT2D eigenvalue weighted by molar-refractivity contribution is 0.115. The molecule has 1 aromatic carbocycles. The van der Waals surface area contributed by atoms with Crippen molar-refractivity contribution < 1.29 is 9.47 Å². The lowest BCUT2D eigenvalue weighted by Gasteiger charge is -2.27. The fourth-order valence-corrected chi connectivity index (χ4v) is 2.56. The largest absolute Gasteiger partial charge is 0.496 e. The Bertz CT molecular complexity index is 434. The maximum absolute atomic E-state index is 5.95. The van der Waals surface area contributed by atoms with Gasteiger partial charge in [0, 0.05) is 6.42 Å². The number of hydrogen-bond donors (Lipinski definition) is 2. The van der Waals surface area contributed by atoms with E-state index in [0.717, 1.165) is 37.4 Å². The zero-order valence-electron chi connectivity index (χ0n) is 10.3. The number of nitrogens with two attached hydrogens (primary N) is 1. The maximum Gasteiger partial charge on any atom is 0.127 e. The zero-order chi connectivity index (χ0) is 12.4. The van der Waals surface area contributed by atoms with Crippen LogP contribution in [0.5, 0.6) is 5.75 Å². The van der Waals surface area contributed by atoms with Crippen LogP contribution < -0.4 is 16.0 Å². The first kappa shape index (κ1) is 11.6. The highest BCUT2D eigenvalue weighted by atomic mass is 16.5. The van der Waals surface area contributed by atoms with Crippen LogP contribution in [0.4, 0.5) is 0 Å². The predicted octanol–water partition coefficient (Wildman–Crippen LogP) is 1.52. The Morgan fingerprint density at radius 2 is 2.22 bits per heavy atom. The molecule has 4 nitrogen and oxygen atoms in total. The number of rotatable bonds is 3. The van der Waals surface area contributed by atoms with Crippen LogP contribution in [0, 0.1) is 0 Å². The van der Waals surface area contributed by atoms with Crippen LogP contribution in [0.2, 0.25) is 0 Å². The number of benzene rings is 1. The lowest BCUT2D eigenvalue weighted by Crippen LogP contribution is -2.48. The molecule has 1 aromatic rings. The maximum atomic E-state index is 5.95. The summed E-state index contributed by atoms with van der Waals surface area (Å²) in [5.74, 6) is 7.54. The van der Waals surface area contributed by atoms with Crippen molar-refractivity contribution in [2.75, 3.05) is 6.61 Å². The number of hydrazine groups is 1. The number of nitrogens with one attached hydrogen (secondary N) is 1. The van der Waals surface area contributed by atoms with E-state index < -0.39 is 0 Å². The van der Waals surface area contributed by atoms with Gasteiger partial charge in [0.1, 0.15) is 23.7 Å². The van der Waals surface area contributed by atoms with Gasteiger partial charge in [0.2, 0.25) is 0 Å². The first-order chi connectivity index (χ1) is 8.88. The average molecular weight is 246 g/mol. The Kier molecular flexibility index (Phi) is 3.21. The molecule has 0 bridgehead atoms. The summed E-state index contributed by atoms with van der Waals surface area (Å²) in [4.78, 5) is 0. The summed E-state index contributed by atoms with van der Waals surface area (Å²) in [7, 11) is 0. The third-order valence-corrected chi connectivity index (χ3v) is 3.49. The lowest BCUT2D eigenvalue weighted by atomic mass is 10.0. The topological polar surface area (TPSA) is 56.5 Å². The molecule has 4 heteroatoms. The molecule has 3 rings (SSSR count). The minimum atomic E-state index is -0.0716. The van der Waals surface area contributed by atoms with Crippen molar-refractivity contribution in [1.29, 1.82) is 0 Å². The van der Waals surface area contributed by atoms with E-state index in [1.165, 1.54) is 5.56 Å². The van der Waals surface area contributed by atoms with E-state index in [1.54, 1.807) is 0 Å². The Hall–Kier alpha value is -1.52. The van der Waals surface area contributed by atoms with Crippen molar-refractivity contribution >= 4 is 0 Å². The van der Waals surface area contributed by atoms with Gasteiger partial charge < -0.3 is 9.47 Å². The van der Waals surface area contributed by atoms with Gasteiger partial charge in [0.15, 0.2) is 0 Å². The Morgan fingerprint density at radius 1 is 1.33 bits per heavy atom. The van der Waals surface area contributed by atoms with Crippen LogP contribution >= 0.6 is 0 Å². The van der Waals surface area contributed by atoms with Gasteiger partial charge in [-0.25, -0.2) is 5.43 Å². The third kappa shape index (κ3) is 2.09. The molecule has 0 fully saturated rings. The van der Waals surface area contributed by atoms with Crippen molar-refractivity contribution in [3.63, 3.8) is 0 Å². The molecule has 2 atom stereocenters. The minimum Gasteiger partial charge on any atom is -0.496 e. The molecule has 18 heavy (non-hydrogen) atoms. The highest BCUT2D eigenvalue weighted by molar-refractivity contribution is 5.38. The first-order valence-electron chi connectivity index (χ1n) is 6.42. The molecule has 0 spiro atoms. The van der Waals surface area contributed by atoms with Crippen LogP contribution in [-0.4, -0.2) is 18.8 Å². The molecule has 0 amide bonds. The molecular formula is C14H18N2O2. The highest BCUT2D eigenvalue weighted by Crippen LogP contribution is 2.31. The van der Waals surface area contributed by atoms with Gasteiger partial charge in [0.25, 0.3) is 0 Å². The quantitative estimate of drug-likeness (QED) is 0.627. The standard InChI is InChI=1S/C14H18N2O2/c15-16-14(12-7-3-4-8-17-12)13-9-10-5-1-2-6-11(10)18-13/h1-2,5-7,13-14,16H,3-4,8-9,15H2. The third-order valence-electron chi connectivity index (χ3n) is 3.49. The van der Waals surface area contributed by atoms with Crippen molar-refractivity contribution in [3.8, 4) is 5.75 Å². The Labute approximate surface area is 107 Å². The molecule has 0 saturated heterocycles. The summed E-state index contributed by atoms with van der Waals surface area (Å²) in [6.45, 7) is 0.768. The summed E-state index contributed by atoms with van der Waals surface area (Å²) in [5.41, 5.74) is 4.07. The SMILES string of the molecule is NNC(C1=CCCCO1)C1Cc2ccccc2O1. The molecule has 96 valence electrons. The van der Waals surface area contributed by atoms with E-state index in [0.29, 0.717) is 0 Å². The predicted molar refractivity (Wildman–Crippen MR) is 68.9 cm³/mol. The molecule has 3 N–H and O–H groups in total. The van der Waals surface area contributed by atoms with Crippen molar-refractivity contribution in [1.82, 2.24) is 5.43 Å². The van der Waals surface area contributed by atoms with E-state index in [9.17, 15) is 0 Å². The highest BCUT2D eigenvalue weighted by Gasteiger charge is 2.33. The normalized spacial score (nSPS) is 23.6. The molecule has 2 heterocycles. The van der Waals surface area contributed by atoms with Gasteiger partial charge in [0.05, 0.1) is 6.61 Å². The Balaban J connectivity index is 1.77. The number of para-hydroxylation sites is 1. The second kappa shape index (κ2) is 5.00. The van der Waals surface area contributed by atoms with Gasteiger partial charge in [-0.05, 0) is 30.5 Å². The van der Waals surface area contributed by atoms with Crippen molar-refractivity contribution in [2.45, 2.75) is 31.4 Å². The smallest absolute Gasteiger partial charge is 0.127 e. The summed E-state index contributed by atoms with van der Waals surface area (Å²) in [5, 5.41) is 0. The number of fused-ring (bicyclic) bond motifs is 1. The summed E-state index contributed by atoms with van der Waals surface area (Å²) < 4.78 is 11.6. The molecule has 0 saturated carbocycles. The molecule has 0 aromatic heterocycles. The molecule has 2 aliphatic heterocycles.